The lowest BCUT2D eigenvalue weighted by atomic mass is 10.1. The van der Waals surface area contributed by atoms with Crippen LogP contribution < -0.4 is 4.72 Å². The van der Waals surface area contributed by atoms with Gasteiger partial charge < -0.3 is 0 Å². The van der Waals surface area contributed by atoms with Crippen LogP contribution in [-0.2, 0) is 10.0 Å². The molecule has 0 atom stereocenters. The summed E-state index contributed by atoms with van der Waals surface area (Å²) in [5.74, 6) is 0. The van der Waals surface area contributed by atoms with Crippen molar-refractivity contribution < 1.29 is 8.42 Å². The van der Waals surface area contributed by atoms with Crippen molar-refractivity contribution in [2.45, 2.75) is 25.7 Å². The van der Waals surface area contributed by atoms with Crippen LogP contribution in [0.25, 0.3) is 16.2 Å². The van der Waals surface area contributed by atoms with Gasteiger partial charge in [-0.1, -0.05) is 18.2 Å². The predicted octanol–water partition coefficient (Wildman–Crippen LogP) is 4.79. The van der Waals surface area contributed by atoms with Crippen molar-refractivity contribution in [3.8, 4) is 11.3 Å². The highest BCUT2D eigenvalue weighted by atomic mass is 32.2. The first-order valence-corrected chi connectivity index (χ1v) is 10.8. The molecule has 0 bridgehead atoms. The Hall–Kier alpha value is -2.64. The zero-order chi connectivity index (χ0) is 19.2. The van der Waals surface area contributed by atoms with E-state index in [1.165, 1.54) is 0 Å². The smallest absolute Gasteiger partial charge is 0.261 e. The van der Waals surface area contributed by atoms with Crippen molar-refractivity contribution in [2.75, 3.05) is 4.72 Å². The Labute approximate surface area is 162 Å². The van der Waals surface area contributed by atoms with E-state index in [4.69, 9.17) is 0 Å². The number of nitrogens with one attached hydrogen (secondary N) is 1. The minimum absolute atomic E-state index is 0.263. The predicted molar refractivity (Wildman–Crippen MR) is 110 cm³/mol. The van der Waals surface area contributed by atoms with Gasteiger partial charge >= 0.3 is 0 Å². The van der Waals surface area contributed by atoms with Crippen LogP contribution in [-0.4, -0.2) is 17.8 Å². The first-order valence-electron chi connectivity index (χ1n) is 8.47. The number of aryl methyl sites for hydroxylation is 3. The number of benzene rings is 2. The minimum Gasteiger partial charge on any atom is -0.294 e. The molecule has 4 rings (SSSR count). The van der Waals surface area contributed by atoms with Gasteiger partial charge in [0.1, 0.15) is 0 Å². The van der Waals surface area contributed by atoms with Crippen LogP contribution in [0.15, 0.2) is 58.9 Å². The van der Waals surface area contributed by atoms with E-state index in [1.54, 1.807) is 35.6 Å². The van der Waals surface area contributed by atoms with E-state index < -0.39 is 10.0 Å². The Morgan fingerprint density at radius 3 is 2.41 bits per heavy atom. The first kappa shape index (κ1) is 17.8. The summed E-state index contributed by atoms with van der Waals surface area (Å²) < 4.78 is 29.9. The number of imidazole rings is 1. The molecule has 5 nitrogen and oxygen atoms in total. The number of anilines is 1. The van der Waals surface area contributed by atoms with Gasteiger partial charge in [0.15, 0.2) is 4.96 Å². The van der Waals surface area contributed by atoms with Gasteiger partial charge in [-0.2, -0.15) is 0 Å². The van der Waals surface area contributed by atoms with E-state index in [9.17, 15) is 8.42 Å². The zero-order valence-electron chi connectivity index (χ0n) is 15.2. The van der Waals surface area contributed by atoms with E-state index in [1.807, 2.05) is 45.2 Å². The normalized spacial score (nSPS) is 11.8. The maximum absolute atomic E-state index is 12.6. The van der Waals surface area contributed by atoms with Gasteiger partial charge in [-0.15, -0.1) is 11.3 Å². The van der Waals surface area contributed by atoms with Crippen molar-refractivity contribution in [1.29, 1.82) is 0 Å². The molecule has 0 amide bonds. The van der Waals surface area contributed by atoms with Gasteiger partial charge in [0, 0.05) is 28.5 Å². The van der Waals surface area contributed by atoms with Crippen LogP contribution in [0.1, 0.15) is 16.8 Å². The number of rotatable bonds is 4. The highest BCUT2D eigenvalue weighted by Crippen LogP contribution is 2.25. The molecule has 7 heteroatoms. The van der Waals surface area contributed by atoms with Gasteiger partial charge in [-0.05, 0) is 56.2 Å². The molecular weight excluding hydrogens is 378 g/mol. The average Bonchev–Trinajstić information content (AvgIpc) is 3.20. The Bertz CT molecular complexity index is 1240. The fourth-order valence-electron chi connectivity index (χ4n) is 2.84. The van der Waals surface area contributed by atoms with Gasteiger partial charge in [0.2, 0.25) is 0 Å². The second-order valence-corrected chi connectivity index (χ2v) is 9.10. The summed E-state index contributed by atoms with van der Waals surface area (Å²) >= 11 is 1.60. The number of nitrogens with zero attached hydrogens (tertiary/aromatic N) is 2. The quantitative estimate of drug-likeness (QED) is 0.538. The topological polar surface area (TPSA) is 63.5 Å². The number of hydrogen-bond donors (Lipinski definition) is 1. The number of thiazole rings is 1. The van der Waals surface area contributed by atoms with Crippen LogP contribution in [0.4, 0.5) is 5.69 Å². The van der Waals surface area contributed by atoms with Gasteiger partial charge in [-0.25, -0.2) is 13.4 Å². The molecule has 2 aromatic heterocycles. The zero-order valence-corrected chi connectivity index (χ0v) is 16.9. The molecule has 0 aliphatic heterocycles. The molecule has 0 saturated carbocycles. The van der Waals surface area contributed by atoms with Crippen molar-refractivity contribution in [3.05, 3.63) is 70.9 Å². The number of fused-ring (bicyclic) bond motifs is 1. The summed E-state index contributed by atoms with van der Waals surface area (Å²) in [5, 5.41) is 2.07. The largest absolute Gasteiger partial charge is 0.294 e. The molecule has 138 valence electrons. The van der Waals surface area contributed by atoms with E-state index in [-0.39, 0.29) is 4.90 Å². The molecule has 0 saturated heterocycles. The second kappa shape index (κ2) is 6.51. The molecule has 0 fully saturated rings. The fourth-order valence-corrected chi connectivity index (χ4v) is 4.83. The van der Waals surface area contributed by atoms with E-state index in [0.717, 1.165) is 33.0 Å². The first-order chi connectivity index (χ1) is 12.8. The second-order valence-electron chi connectivity index (χ2n) is 6.58. The molecular formula is C20H19N3O2S2. The monoisotopic (exact) mass is 397 g/mol. The standard InChI is InChI=1S/C20H19N3O2S2/c1-13-4-9-18(10-14(13)2)27(24,25)22-17-7-5-16(6-8-17)19-11-23-15(3)12-26-20(23)21-19/h4-12,22H,1-3H3. The Morgan fingerprint density at radius 2 is 1.74 bits per heavy atom. The highest BCUT2D eigenvalue weighted by molar-refractivity contribution is 7.92. The maximum Gasteiger partial charge on any atom is 0.261 e. The molecule has 0 spiro atoms. The number of aromatic nitrogens is 2. The Balaban J connectivity index is 1.59. The molecule has 4 aromatic rings. The van der Waals surface area contributed by atoms with Crippen molar-refractivity contribution in [3.63, 3.8) is 0 Å². The SMILES string of the molecule is Cc1ccc(S(=O)(=O)Nc2ccc(-c3cn4c(C)csc4n3)cc2)cc1C. The van der Waals surface area contributed by atoms with Gasteiger partial charge in [0.05, 0.1) is 10.6 Å². The van der Waals surface area contributed by atoms with Crippen LogP contribution >= 0.6 is 11.3 Å². The third kappa shape index (κ3) is 3.36. The number of sulfonamides is 1. The van der Waals surface area contributed by atoms with E-state index in [0.29, 0.717) is 5.69 Å². The third-order valence-corrected chi connectivity index (χ3v) is 6.95. The Morgan fingerprint density at radius 1 is 1.00 bits per heavy atom. The summed E-state index contributed by atoms with van der Waals surface area (Å²) in [6.07, 6.45) is 2.00. The Kier molecular flexibility index (Phi) is 4.28. The summed E-state index contributed by atoms with van der Waals surface area (Å²) in [5.41, 5.74) is 5.49. The lowest BCUT2D eigenvalue weighted by Gasteiger charge is -2.10. The third-order valence-electron chi connectivity index (χ3n) is 4.61. The fraction of sp³-hybridized carbons (Fsp3) is 0.150. The van der Waals surface area contributed by atoms with Crippen LogP contribution in [0, 0.1) is 20.8 Å². The lowest BCUT2D eigenvalue weighted by Crippen LogP contribution is -2.13. The van der Waals surface area contributed by atoms with E-state index in [2.05, 4.69) is 19.5 Å². The molecule has 2 heterocycles. The molecule has 0 aliphatic rings. The number of hydrogen-bond acceptors (Lipinski definition) is 4. The summed E-state index contributed by atoms with van der Waals surface area (Å²) in [6.45, 7) is 5.90. The van der Waals surface area contributed by atoms with Crippen LogP contribution in [0.3, 0.4) is 0 Å². The van der Waals surface area contributed by atoms with Crippen molar-refractivity contribution in [2.24, 2.45) is 0 Å². The van der Waals surface area contributed by atoms with Crippen LogP contribution in [0.5, 0.6) is 0 Å². The summed E-state index contributed by atoms with van der Waals surface area (Å²) in [7, 11) is -3.62. The minimum atomic E-state index is -3.62. The molecule has 0 radical (unpaired) electrons. The highest BCUT2D eigenvalue weighted by Gasteiger charge is 2.15. The van der Waals surface area contributed by atoms with Gasteiger partial charge in [0.25, 0.3) is 10.0 Å². The molecule has 2 aromatic carbocycles. The molecule has 0 aliphatic carbocycles. The lowest BCUT2D eigenvalue weighted by molar-refractivity contribution is 0.601. The summed E-state index contributed by atoms with van der Waals surface area (Å²) in [4.78, 5) is 5.83. The molecule has 1 N–H and O–H groups in total. The molecule has 0 unspecified atom stereocenters. The van der Waals surface area contributed by atoms with E-state index >= 15 is 0 Å². The van der Waals surface area contributed by atoms with Crippen molar-refractivity contribution >= 4 is 32.0 Å². The van der Waals surface area contributed by atoms with Crippen LogP contribution in [0.2, 0.25) is 0 Å². The molecule has 27 heavy (non-hydrogen) atoms. The maximum atomic E-state index is 12.6. The van der Waals surface area contributed by atoms with Gasteiger partial charge in [-0.3, -0.25) is 9.12 Å². The summed E-state index contributed by atoms with van der Waals surface area (Å²) in [6, 6.07) is 12.4. The average molecular weight is 398 g/mol. The van der Waals surface area contributed by atoms with Crippen molar-refractivity contribution in [1.82, 2.24) is 9.38 Å².